The van der Waals surface area contributed by atoms with E-state index in [1.54, 1.807) is 0 Å². The highest BCUT2D eigenvalue weighted by atomic mass is 32.1. The summed E-state index contributed by atoms with van der Waals surface area (Å²) >= 11 is 1.84. The molecule has 4 heteroatoms. The second kappa shape index (κ2) is 11.0. The minimum Gasteiger partial charge on any atom is -0.456 e. The predicted octanol–water partition coefficient (Wildman–Crippen LogP) is 12.9. The minimum absolute atomic E-state index is 0.861. The largest absolute Gasteiger partial charge is 0.456 e. The van der Waals surface area contributed by atoms with Crippen LogP contribution in [-0.4, -0.2) is 0 Å². The molecular formula is C42H28N2OS. The number of rotatable bonds is 6. The van der Waals surface area contributed by atoms with Crippen LogP contribution in [0.1, 0.15) is 0 Å². The average molecular weight is 609 g/mol. The Morgan fingerprint density at radius 1 is 0.370 bits per heavy atom. The predicted molar refractivity (Wildman–Crippen MR) is 196 cm³/mol. The molecule has 0 unspecified atom stereocenters. The highest BCUT2D eigenvalue weighted by Crippen LogP contribution is 2.46. The van der Waals surface area contributed by atoms with Gasteiger partial charge in [-0.25, -0.2) is 0 Å². The molecule has 0 atom stereocenters. The Bertz CT molecular complexity index is 2440. The fourth-order valence-corrected chi connectivity index (χ4v) is 7.75. The van der Waals surface area contributed by atoms with Crippen LogP contribution in [0.2, 0.25) is 0 Å². The molecule has 0 saturated carbocycles. The van der Waals surface area contributed by atoms with Gasteiger partial charge in [-0.15, -0.1) is 11.3 Å². The van der Waals surface area contributed by atoms with Crippen molar-refractivity contribution in [1.82, 2.24) is 0 Å². The third-order valence-electron chi connectivity index (χ3n) is 8.62. The van der Waals surface area contributed by atoms with E-state index in [9.17, 15) is 0 Å². The fourth-order valence-electron chi connectivity index (χ4n) is 6.55. The summed E-state index contributed by atoms with van der Waals surface area (Å²) in [5.74, 6) is 0. The summed E-state index contributed by atoms with van der Waals surface area (Å²) in [6, 6.07) is 60.0. The first kappa shape index (κ1) is 26.6. The second-order valence-corrected chi connectivity index (χ2v) is 12.4. The molecule has 0 amide bonds. The minimum atomic E-state index is 0.861. The van der Waals surface area contributed by atoms with Gasteiger partial charge in [0.1, 0.15) is 11.2 Å². The van der Waals surface area contributed by atoms with Gasteiger partial charge in [-0.2, -0.15) is 0 Å². The number of benzene rings is 7. The first-order valence-electron chi connectivity index (χ1n) is 15.4. The van der Waals surface area contributed by atoms with Crippen molar-refractivity contribution in [3.8, 4) is 0 Å². The molecule has 0 radical (unpaired) electrons. The van der Waals surface area contributed by atoms with E-state index < -0.39 is 0 Å². The Hall–Kier alpha value is -5.84. The summed E-state index contributed by atoms with van der Waals surface area (Å²) in [7, 11) is 0. The monoisotopic (exact) mass is 608 g/mol. The molecule has 9 aromatic rings. The van der Waals surface area contributed by atoms with Crippen LogP contribution in [0.25, 0.3) is 42.1 Å². The van der Waals surface area contributed by atoms with Gasteiger partial charge in [0.25, 0.3) is 0 Å². The molecule has 2 aromatic heterocycles. The summed E-state index contributed by atoms with van der Waals surface area (Å²) in [6.07, 6.45) is 0. The van der Waals surface area contributed by atoms with Gasteiger partial charge >= 0.3 is 0 Å². The number of anilines is 6. The molecule has 0 spiro atoms. The Balaban J connectivity index is 1.20. The lowest BCUT2D eigenvalue weighted by Gasteiger charge is -2.26. The Kier molecular flexibility index (Phi) is 6.32. The topological polar surface area (TPSA) is 19.6 Å². The normalized spacial score (nSPS) is 11.5. The molecule has 46 heavy (non-hydrogen) atoms. The Labute approximate surface area is 270 Å². The SMILES string of the molecule is c1ccc(N(c2ccccc2)c2ccc3oc4cc(N(c5ccccc5)c5cccc6c5sc5ccccc56)ccc4c3c2)cc1. The van der Waals surface area contributed by atoms with E-state index in [4.69, 9.17) is 4.42 Å². The van der Waals surface area contributed by atoms with E-state index in [-0.39, 0.29) is 0 Å². The van der Waals surface area contributed by atoms with Gasteiger partial charge in [0, 0.05) is 60.7 Å². The molecule has 0 aliphatic carbocycles. The molecular weight excluding hydrogens is 581 g/mol. The molecule has 3 nitrogen and oxygen atoms in total. The van der Waals surface area contributed by atoms with Crippen molar-refractivity contribution in [3.05, 3.63) is 170 Å². The molecule has 0 N–H and O–H groups in total. The van der Waals surface area contributed by atoms with Gasteiger partial charge in [0.2, 0.25) is 0 Å². The second-order valence-electron chi connectivity index (χ2n) is 11.4. The maximum absolute atomic E-state index is 6.55. The van der Waals surface area contributed by atoms with Gasteiger partial charge in [-0.05, 0) is 78.9 Å². The standard InChI is InChI=1S/C42H28N2OS/c1-4-13-29(14-5-1)43(30-15-6-2-7-16-30)32-24-26-39-37(27-32)34-25-23-33(28-40(34)45-39)44(31-17-8-3-9-18-31)38-21-12-20-36-35-19-10-11-22-41(35)46-42(36)38/h1-28H. The van der Waals surface area contributed by atoms with Crippen LogP contribution in [0, 0.1) is 0 Å². The lowest BCUT2D eigenvalue weighted by atomic mass is 10.1. The number of hydrogen-bond donors (Lipinski definition) is 0. The first-order chi connectivity index (χ1) is 22.8. The van der Waals surface area contributed by atoms with Crippen LogP contribution in [0.3, 0.4) is 0 Å². The molecule has 218 valence electrons. The molecule has 9 rings (SSSR count). The number of para-hydroxylation sites is 3. The van der Waals surface area contributed by atoms with Crippen LogP contribution in [-0.2, 0) is 0 Å². The quantitative estimate of drug-likeness (QED) is 0.187. The first-order valence-corrected chi connectivity index (χ1v) is 16.3. The van der Waals surface area contributed by atoms with Crippen LogP contribution in [0.4, 0.5) is 34.1 Å². The summed E-state index contributed by atoms with van der Waals surface area (Å²) < 4.78 is 9.11. The molecule has 0 aliphatic heterocycles. The summed E-state index contributed by atoms with van der Waals surface area (Å²) in [5.41, 5.74) is 8.34. The van der Waals surface area contributed by atoms with E-state index in [1.807, 2.05) is 11.3 Å². The lowest BCUT2D eigenvalue weighted by molar-refractivity contribution is 0.669. The van der Waals surface area contributed by atoms with Crippen LogP contribution >= 0.6 is 11.3 Å². The van der Waals surface area contributed by atoms with Crippen LogP contribution in [0.5, 0.6) is 0 Å². The van der Waals surface area contributed by atoms with Crippen molar-refractivity contribution >= 4 is 87.6 Å². The van der Waals surface area contributed by atoms with Gasteiger partial charge in [-0.1, -0.05) is 84.9 Å². The van der Waals surface area contributed by atoms with Crippen molar-refractivity contribution < 1.29 is 4.42 Å². The number of fused-ring (bicyclic) bond motifs is 6. The zero-order chi connectivity index (χ0) is 30.5. The zero-order valence-electron chi connectivity index (χ0n) is 24.9. The van der Waals surface area contributed by atoms with Crippen molar-refractivity contribution in [2.45, 2.75) is 0 Å². The van der Waals surface area contributed by atoms with Crippen LogP contribution in [0.15, 0.2) is 174 Å². The highest BCUT2D eigenvalue weighted by Gasteiger charge is 2.20. The van der Waals surface area contributed by atoms with Crippen molar-refractivity contribution in [1.29, 1.82) is 0 Å². The third-order valence-corrected chi connectivity index (χ3v) is 9.83. The lowest BCUT2D eigenvalue weighted by Crippen LogP contribution is -2.09. The smallest absolute Gasteiger partial charge is 0.137 e. The average Bonchev–Trinajstić information content (AvgIpc) is 3.68. The van der Waals surface area contributed by atoms with Gasteiger partial charge in [-0.3, -0.25) is 0 Å². The Morgan fingerprint density at radius 2 is 0.957 bits per heavy atom. The van der Waals surface area contributed by atoms with E-state index in [0.29, 0.717) is 0 Å². The zero-order valence-corrected chi connectivity index (χ0v) is 25.7. The van der Waals surface area contributed by atoms with E-state index in [0.717, 1.165) is 56.1 Å². The third kappa shape index (κ3) is 4.42. The Morgan fingerprint density at radius 3 is 1.67 bits per heavy atom. The molecule has 2 heterocycles. The van der Waals surface area contributed by atoms with E-state index in [1.165, 1.54) is 20.2 Å². The summed E-state index contributed by atoms with van der Waals surface area (Å²) in [5, 5.41) is 4.75. The highest BCUT2D eigenvalue weighted by molar-refractivity contribution is 7.26. The molecule has 0 bridgehead atoms. The number of nitrogens with zero attached hydrogens (tertiary/aromatic N) is 2. The summed E-state index contributed by atoms with van der Waals surface area (Å²) in [6.45, 7) is 0. The number of furan rings is 1. The number of hydrogen-bond acceptors (Lipinski definition) is 4. The number of thiophene rings is 1. The molecule has 0 fully saturated rings. The fraction of sp³-hybridized carbons (Fsp3) is 0. The van der Waals surface area contributed by atoms with Gasteiger partial charge < -0.3 is 14.2 Å². The van der Waals surface area contributed by atoms with Gasteiger partial charge in [0.05, 0.1) is 10.4 Å². The molecule has 0 aliphatic rings. The van der Waals surface area contributed by atoms with E-state index >= 15 is 0 Å². The van der Waals surface area contributed by atoms with Crippen molar-refractivity contribution in [2.75, 3.05) is 9.80 Å². The summed E-state index contributed by atoms with van der Waals surface area (Å²) in [4.78, 5) is 4.64. The van der Waals surface area contributed by atoms with Crippen molar-refractivity contribution in [2.24, 2.45) is 0 Å². The van der Waals surface area contributed by atoms with Crippen molar-refractivity contribution in [3.63, 3.8) is 0 Å². The maximum Gasteiger partial charge on any atom is 0.137 e. The van der Waals surface area contributed by atoms with E-state index in [2.05, 4.69) is 180 Å². The molecule has 7 aromatic carbocycles. The molecule has 0 saturated heterocycles. The maximum atomic E-state index is 6.55. The van der Waals surface area contributed by atoms with Crippen LogP contribution < -0.4 is 9.80 Å². The van der Waals surface area contributed by atoms with Gasteiger partial charge in [0.15, 0.2) is 0 Å².